The largest absolute Gasteiger partial charge is 0.479 e. The molecule has 1 saturated heterocycles. The molecule has 3 aliphatic rings. The lowest BCUT2D eigenvalue weighted by atomic mass is 9.98. The number of nitrogens with zero attached hydrogens (tertiary/aromatic N) is 1. The molecule has 2 amide bonds. The third kappa shape index (κ3) is 4.30. The van der Waals surface area contributed by atoms with Crippen LogP contribution in [-0.4, -0.2) is 66.9 Å². The van der Waals surface area contributed by atoms with Crippen molar-refractivity contribution in [3.63, 3.8) is 0 Å². The number of ether oxygens (including phenoxy) is 2. The highest BCUT2D eigenvalue weighted by Crippen LogP contribution is 2.44. The van der Waals surface area contributed by atoms with Gasteiger partial charge in [-0.3, -0.25) is 4.79 Å². The molecule has 33 heavy (non-hydrogen) atoms. The van der Waals surface area contributed by atoms with Gasteiger partial charge in [0.25, 0.3) is 0 Å². The Morgan fingerprint density at radius 3 is 2.39 bits per heavy atom. The standard InChI is InChI=1S/C25H26N2O6/c28-23(27-9-10-32-22(13-27)24(29)30)20-11-15(20)12-26-25(31)33-14-21-18-7-3-1-5-16(18)17-6-2-4-8-19(17)21/h1-8,15,20-22H,9-14H2,(H,26,31)(H,29,30)/t15-,20-,22?/m1/s1. The fourth-order valence-electron chi connectivity index (χ4n) is 4.87. The summed E-state index contributed by atoms with van der Waals surface area (Å²) in [5, 5.41) is 11.9. The van der Waals surface area contributed by atoms with Gasteiger partial charge in [-0.25, -0.2) is 9.59 Å². The van der Waals surface area contributed by atoms with Crippen molar-refractivity contribution in [1.82, 2.24) is 10.2 Å². The first kappa shape index (κ1) is 21.5. The van der Waals surface area contributed by atoms with Crippen LogP contribution in [0.2, 0.25) is 0 Å². The van der Waals surface area contributed by atoms with Crippen LogP contribution < -0.4 is 5.32 Å². The van der Waals surface area contributed by atoms with Crippen LogP contribution >= 0.6 is 0 Å². The van der Waals surface area contributed by atoms with E-state index in [1.165, 1.54) is 11.1 Å². The number of carbonyl (C=O) groups is 3. The molecule has 8 heteroatoms. The third-order valence-electron chi connectivity index (χ3n) is 6.75. The Balaban J connectivity index is 1.10. The van der Waals surface area contributed by atoms with Crippen LogP contribution in [0.4, 0.5) is 4.79 Å². The van der Waals surface area contributed by atoms with Crippen LogP contribution in [0.15, 0.2) is 48.5 Å². The summed E-state index contributed by atoms with van der Waals surface area (Å²) in [5.41, 5.74) is 4.67. The molecule has 2 aromatic rings. The minimum absolute atomic E-state index is 0.00176. The van der Waals surface area contributed by atoms with Gasteiger partial charge in [0.15, 0.2) is 6.10 Å². The van der Waals surface area contributed by atoms with Crippen molar-refractivity contribution in [2.45, 2.75) is 18.4 Å². The SMILES string of the molecule is O=C(NC[C@H]1C[C@H]1C(=O)N1CCOC(C(=O)O)C1)OCC1c2ccccc2-c2ccccc21. The van der Waals surface area contributed by atoms with Crippen LogP contribution in [0.5, 0.6) is 0 Å². The van der Waals surface area contributed by atoms with Gasteiger partial charge in [-0.2, -0.15) is 0 Å². The summed E-state index contributed by atoms with van der Waals surface area (Å²) in [5.74, 6) is -1.27. The Morgan fingerprint density at radius 2 is 1.73 bits per heavy atom. The number of amides is 2. The van der Waals surface area contributed by atoms with Crippen LogP contribution in [0.25, 0.3) is 11.1 Å². The third-order valence-corrected chi connectivity index (χ3v) is 6.75. The van der Waals surface area contributed by atoms with Crippen LogP contribution in [0.1, 0.15) is 23.5 Å². The molecule has 2 fully saturated rings. The Hall–Kier alpha value is -3.39. The Kier molecular flexibility index (Phi) is 5.76. The lowest BCUT2D eigenvalue weighted by Gasteiger charge is -2.31. The molecular weight excluding hydrogens is 424 g/mol. The number of benzene rings is 2. The smallest absolute Gasteiger partial charge is 0.407 e. The number of hydrogen-bond acceptors (Lipinski definition) is 5. The molecule has 3 atom stereocenters. The fourth-order valence-corrected chi connectivity index (χ4v) is 4.87. The summed E-state index contributed by atoms with van der Waals surface area (Å²) in [6, 6.07) is 16.3. The van der Waals surface area contributed by atoms with E-state index in [0.29, 0.717) is 19.5 Å². The van der Waals surface area contributed by atoms with Gasteiger partial charge in [0, 0.05) is 24.9 Å². The van der Waals surface area contributed by atoms with E-state index in [1.807, 2.05) is 24.3 Å². The van der Waals surface area contributed by atoms with E-state index in [-0.39, 0.29) is 43.4 Å². The van der Waals surface area contributed by atoms with Crippen molar-refractivity contribution < 1.29 is 29.0 Å². The first-order chi connectivity index (χ1) is 16.0. The van der Waals surface area contributed by atoms with Crippen LogP contribution in [0, 0.1) is 11.8 Å². The molecule has 1 heterocycles. The highest BCUT2D eigenvalue weighted by Gasteiger charge is 2.46. The maximum Gasteiger partial charge on any atom is 0.407 e. The second kappa shape index (κ2) is 8.86. The van der Waals surface area contributed by atoms with Crippen molar-refractivity contribution in [2.75, 3.05) is 32.8 Å². The fraction of sp³-hybridized carbons (Fsp3) is 0.400. The van der Waals surface area contributed by atoms with E-state index in [9.17, 15) is 14.4 Å². The predicted molar refractivity (Wildman–Crippen MR) is 119 cm³/mol. The van der Waals surface area contributed by atoms with Crippen LogP contribution in [0.3, 0.4) is 0 Å². The number of carboxylic acid groups (broad SMARTS) is 1. The Bertz CT molecular complexity index is 1040. The molecule has 0 aromatic heterocycles. The van der Waals surface area contributed by atoms with Crippen molar-refractivity contribution in [3.05, 3.63) is 59.7 Å². The number of aliphatic carboxylic acids is 1. The maximum absolute atomic E-state index is 12.7. The normalized spacial score (nSPS) is 23.4. The van der Waals surface area contributed by atoms with Crippen LogP contribution in [-0.2, 0) is 19.1 Å². The average molecular weight is 450 g/mol. The summed E-state index contributed by atoms with van der Waals surface area (Å²) >= 11 is 0. The lowest BCUT2D eigenvalue weighted by molar-refractivity contribution is -0.159. The molecule has 0 spiro atoms. The Morgan fingerprint density at radius 1 is 1.06 bits per heavy atom. The number of fused-ring (bicyclic) bond motifs is 3. The zero-order valence-electron chi connectivity index (χ0n) is 18.1. The summed E-state index contributed by atoms with van der Waals surface area (Å²) in [6.07, 6.45) is -0.788. The molecule has 0 bridgehead atoms. The van der Waals surface area contributed by atoms with Gasteiger partial charge in [-0.15, -0.1) is 0 Å². The molecule has 8 nitrogen and oxygen atoms in total. The summed E-state index contributed by atoms with van der Waals surface area (Å²) in [7, 11) is 0. The Labute approximate surface area is 191 Å². The highest BCUT2D eigenvalue weighted by atomic mass is 16.5. The van der Waals surface area contributed by atoms with Gasteiger partial charge in [0.05, 0.1) is 13.2 Å². The van der Waals surface area contributed by atoms with Crippen molar-refractivity contribution in [3.8, 4) is 11.1 Å². The highest BCUT2D eigenvalue weighted by molar-refractivity contribution is 5.83. The maximum atomic E-state index is 12.7. The zero-order chi connectivity index (χ0) is 22.9. The number of carbonyl (C=O) groups excluding carboxylic acids is 2. The molecule has 1 aliphatic heterocycles. The monoisotopic (exact) mass is 450 g/mol. The molecular formula is C25H26N2O6. The van der Waals surface area contributed by atoms with E-state index in [2.05, 4.69) is 29.6 Å². The van der Waals surface area contributed by atoms with Gasteiger partial charge in [-0.05, 0) is 34.6 Å². The first-order valence-corrected chi connectivity index (χ1v) is 11.2. The van der Waals surface area contributed by atoms with Crippen molar-refractivity contribution >= 4 is 18.0 Å². The van der Waals surface area contributed by atoms with E-state index < -0.39 is 18.2 Å². The molecule has 172 valence electrons. The average Bonchev–Trinajstić information content (AvgIpc) is 3.56. The molecule has 2 N–H and O–H groups in total. The zero-order valence-corrected chi connectivity index (χ0v) is 18.1. The molecule has 2 aliphatic carbocycles. The van der Waals surface area contributed by atoms with Gasteiger partial charge >= 0.3 is 12.1 Å². The van der Waals surface area contributed by atoms with Gasteiger partial charge in [0.2, 0.25) is 5.91 Å². The number of alkyl carbamates (subject to hydrolysis) is 1. The van der Waals surface area contributed by atoms with E-state index in [1.54, 1.807) is 4.90 Å². The lowest BCUT2D eigenvalue weighted by Crippen LogP contribution is -2.49. The van der Waals surface area contributed by atoms with E-state index >= 15 is 0 Å². The number of rotatable bonds is 6. The summed E-state index contributed by atoms with van der Waals surface area (Å²) in [4.78, 5) is 37.7. The summed E-state index contributed by atoms with van der Waals surface area (Å²) < 4.78 is 10.7. The molecule has 5 rings (SSSR count). The number of hydrogen-bond donors (Lipinski definition) is 2. The number of morpholine rings is 1. The summed E-state index contributed by atoms with van der Waals surface area (Å²) in [6.45, 7) is 1.29. The van der Waals surface area contributed by atoms with Gasteiger partial charge in [-0.1, -0.05) is 48.5 Å². The van der Waals surface area contributed by atoms with E-state index in [0.717, 1.165) is 11.1 Å². The van der Waals surface area contributed by atoms with Gasteiger partial charge in [0.1, 0.15) is 6.61 Å². The minimum atomic E-state index is -1.06. The second-order valence-electron chi connectivity index (χ2n) is 8.79. The molecule has 2 aromatic carbocycles. The molecule has 1 saturated carbocycles. The first-order valence-electron chi connectivity index (χ1n) is 11.2. The van der Waals surface area contributed by atoms with Gasteiger partial charge < -0.3 is 24.8 Å². The number of carboxylic acids is 1. The van der Waals surface area contributed by atoms with E-state index in [4.69, 9.17) is 14.6 Å². The number of nitrogens with one attached hydrogen (secondary N) is 1. The molecule has 0 radical (unpaired) electrons. The predicted octanol–water partition coefficient (Wildman–Crippen LogP) is 2.47. The second-order valence-corrected chi connectivity index (χ2v) is 8.79. The quantitative estimate of drug-likeness (QED) is 0.701. The minimum Gasteiger partial charge on any atom is -0.479 e. The van der Waals surface area contributed by atoms with Crippen molar-refractivity contribution in [2.24, 2.45) is 11.8 Å². The van der Waals surface area contributed by atoms with Crippen molar-refractivity contribution in [1.29, 1.82) is 0 Å². The topological polar surface area (TPSA) is 105 Å². The molecule has 1 unspecified atom stereocenters.